The summed E-state index contributed by atoms with van der Waals surface area (Å²) in [4.78, 5) is 12.3. The van der Waals surface area contributed by atoms with Crippen LogP contribution in [-0.4, -0.2) is 10.5 Å². The van der Waals surface area contributed by atoms with Crippen molar-refractivity contribution in [2.24, 2.45) is 0 Å². The van der Waals surface area contributed by atoms with Crippen molar-refractivity contribution in [3.8, 4) is 0 Å². The summed E-state index contributed by atoms with van der Waals surface area (Å²) in [6, 6.07) is 9.53. The Balaban J connectivity index is 2.15. The van der Waals surface area contributed by atoms with E-state index in [2.05, 4.69) is 21.2 Å². The maximum Gasteiger partial charge on any atom is 0.268 e. The summed E-state index contributed by atoms with van der Waals surface area (Å²) in [5, 5.41) is 2.99. The smallest absolute Gasteiger partial charge is 0.268 e. The Morgan fingerprint density at radius 3 is 2.85 bits per heavy atom. The molecule has 0 bridgehead atoms. The first-order valence-electron chi connectivity index (χ1n) is 6.53. The lowest BCUT2D eigenvalue weighted by Crippen LogP contribution is -2.28. The number of nitrogens with zero attached hydrogens (tertiary/aromatic N) is 1. The molecule has 1 aromatic carbocycles. The number of carbonyl (C=O) groups is 1. The van der Waals surface area contributed by atoms with E-state index >= 15 is 0 Å². The van der Waals surface area contributed by atoms with Crippen LogP contribution < -0.4 is 11.1 Å². The minimum absolute atomic E-state index is 0.0681. The van der Waals surface area contributed by atoms with E-state index in [1.165, 1.54) is 0 Å². The van der Waals surface area contributed by atoms with E-state index in [0.29, 0.717) is 17.9 Å². The molecule has 0 radical (unpaired) electrons. The number of hydrogen-bond donors (Lipinski definition) is 2. The Morgan fingerprint density at radius 1 is 1.45 bits per heavy atom. The summed E-state index contributed by atoms with van der Waals surface area (Å²) in [6.45, 7) is 4.65. The molecule has 1 heterocycles. The summed E-state index contributed by atoms with van der Waals surface area (Å²) in [5.41, 5.74) is 7.99. The molecule has 0 aliphatic heterocycles. The van der Waals surface area contributed by atoms with Gasteiger partial charge in [-0.15, -0.1) is 0 Å². The van der Waals surface area contributed by atoms with Crippen LogP contribution in [0, 0.1) is 0 Å². The Hall–Kier alpha value is -1.75. The van der Waals surface area contributed by atoms with Gasteiger partial charge in [0.05, 0.1) is 11.7 Å². The molecule has 4 nitrogen and oxygen atoms in total. The quantitative estimate of drug-likeness (QED) is 0.900. The van der Waals surface area contributed by atoms with Gasteiger partial charge < -0.3 is 15.6 Å². The van der Waals surface area contributed by atoms with E-state index in [4.69, 9.17) is 5.73 Å². The van der Waals surface area contributed by atoms with Crippen molar-refractivity contribution < 1.29 is 4.79 Å². The van der Waals surface area contributed by atoms with Crippen molar-refractivity contribution in [2.45, 2.75) is 26.4 Å². The van der Waals surface area contributed by atoms with Crippen LogP contribution in [0.1, 0.15) is 35.9 Å². The zero-order valence-corrected chi connectivity index (χ0v) is 13.1. The molecule has 3 N–H and O–H groups in total. The third kappa shape index (κ3) is 3.22. The second kappa shape index (κ2) is 6.13. The second-order valence-electron chi connectivity index (χ2n) is 4.69. The summed E-state index contributed by atoms with van der Waals surface area (Å²) in [7, 11) is 0. The van der Waals surface area contributed by atoms with Crippen LogP contribution in [0.4, 0.5) is 5.69 Å². The van der Waals surface area contributed by atoms with Crippen molar-refractivity contribution in [1.29, 1.82) is 0 Å². The zero-order chi connectivity index (χ0) is 14.7. The number of anilines is 1. The average Bonchev–Trinajstić information content (AvgIpc) is 2.80. The van der Waals surface area contributed by atoms with Crippen LogP contribution in [0.5, 0.6) is 0 Å². The summed E-state index contributed by atoms with van der Waals surface area (Å²) >= 11 is 3.43. The lowest BCUT2D eigenvalue weighted by atomic mass is 10.1. The molecule has 0 aliphatic rings. The summed E-state index contributed by atoms with van der Waals surface area (Å²) < 4.78 is 2.84. The van der Waals surface area contributed by atoms with Gasteiger partial charge in [-0.05, 0) is 37.6 Å². The van der Waals surface area contributed by atoms with Crippen molar-refractivity contribution in [1.82, 2.24) is 9.88 Å². The largest absolute Gasteiger partial charge is 0.397 e. The molecular weight excluding hydrogens is 318 g/mol. The molecule has 1 amide bonds. The predicted octanol–water partition coefficient (Wildman–Crippen LogP) is 3.34. The Labute approximate surface area is 127 Å². The third-order valence-corrected chi connectivity index (χ3v) is 3.68. The van der Waals surface area contributed by atoms with Gasteiger partial charge in [-0.3, -0.25) is 4.79 Å². The number of hydrogen-bond acceptors (Lipinski definition) is 2. The molecule has 0 spiro atoms. The van der Waals surface area contributed by atoms with E-state index in [-0.39, 0.29) is 11.9 Å². The van der Waals surface area contributed by atoms with Gasteiger partial charge in [0.2, 0.25) is 0 Å². The van der Waals surface area contributed by atoms with Crippen LogP contribution in [-0.2, 0) is 6.54 Å². The van der Waals surface area contributed by atoms with E-state index < -0.39 is 0 Å². The average molecular weight is 336 g/mol. The molecular formula is C15H18BrN3O. The zero-order valence-electron chi connectivity index (χ0n) is 11.6. The van der Waals surface area contributed by atoms with Crippen molar-refractivity contribution in [3.05, 3.63) is 52.3 Å². The van der Waals surface area contributed by atoms with Crippen LogP contribution in [0.2, 0.25) is 0 Å². The number of aryl methyl sites for hydroxylation is 1. The molecule has 20 heavy (non-hydrogen) atoms. The summed E-state index contributed by atoms with van der Waals surface area (Å²) in [5.74, 6) is -0.115. The number of nitrogen functional groups attached to an aromatic ring is 1. The fraction of sp³-hybridized carbons (Fsp3) is 0.267. The molecule has 1 aromatic heterocycles. The number of aromatic nitrogens is 1. The standard InChI is InChI=1S/C15H18BrN3O/c1-3-19-9-13(17)8-14(19)15(20)18-10(2)11-5-4-6-12(16)7-11/h4-10H,3,17H2,1-2H3,(H,18,20). The van der Waals surface area contributed by atoms with Crippen molar-refractivity contribution >= 4 is 27.5 Å². The monoisotopic (exact) mass is 335 g/mol. The first-order valence-corrected chi connectivity index (χ1v) is 7.32. The van der Waals surface area contributed by atoms with Gasteiger partial charge in [0, 0.05) is 17.2 Å². The van der Waals surface area contributed by atoms with Crippen LogP contribution in [0.15, 0.2) is 41.0 Å². The molecule has 2 aromatic rings. The van der Waals surface area contributed by atoms with Gasteiger partial charge in [0.15, 0.2) is 0 Å². The minimum Gasteiger partial charge on any atom is -0.397 e. The van der Waals surface area contributed by atoms with Gasteiger partial charge in [0.1, 0.15) is 5.69 Å². The number of nitrogens with two attached hydrogens (primary N) is 1. The fourth-order valence-corrected chi connectivity index (χ4v) is 2.53. The van der Waals surface area contributed by atoms with Gasteiger partial charge in [-0.25, -0.2) is 0 Å². The number of carbonyl (C=O) groups excluding carboxylic acids is 1. The molecule has 1 unspecified atom stereocenters. The number of amides is 1. The van der Waals surface area contributed by atoms with E-state index in [1.54, 1.807) is 12.3 Å². The summed E-state index contributed by atoms with van der Waals surface area (Å²) in [6.07, 6.45) is 1.78. The second-order valence-corrected chi connectivity index (χ2v) is 5.61. The molecule has 0 saturated carbocycles. The lowest BCUT2D eigenvalue weighted by Gasteiger charge is -2.15. The predicted molar refractivity (Wildman–Crippen MR) is 84.5 cm³/mol. The Bertz CT molecular complexity index is 621. The molecule has 106 valence electrons. The highest BCUT2D eigenvalue weighted by Crippen LogP contribution is 2.19. The van der Waals surface area contributed by atoms with Gasteiger partial charge in [0.25, 0.3) is 5.91 Å². The lowest BCUT2D eigenvalue weighted by molar-refractivity contribution is 0.0930. The van der Waals surface area contributed by atoms with Gasteiger partial charge >= 0.3 is 0 Å². The van der Waals surface area contributed by atoms with Crippen LogP contribution in [0.3, 0.4) is 0 Å². The Kier molecular flexibility index (Phi) is 4.49. The highest BCUT2D eigenvalue weighted by atomic mass is 79.9. The van der Waals surface area contributed by atoms with Crippen LogP contribution in [0.25, 0.3) is 0 Å². The molecule has 0 saturated heterocycles. The number of nitrogens with one attached hydrogen (secondary N) is 1. The fourth-order valence-electron chi connectivity index (χ4n) is 2.11. The third-order valence-electron chi connectivity index (χ3n) is 3.19. The van der Waals surface area contributed by atoms with E-state index in [9.17, 15) is 4.79 Å². The van der Waals surface area contributed by atoms with Crippen molar-refractivity contribution in [2.75, 3.05) is 5.73 Å². The highest BCUT2D eigenvalue weighted by molar-refractivity contribution is 9.10. The maximum atomic E-state index is 12.3. The molecule has 0 aliphatic carbocycles. The molecule has 1 atom stereocenters. The first kappa shape index (κ1) is 14.7. The van der Waals surface area contributed by atoms with E-state index in [0.717, 1.165) is 10.0 Å². The highest BCUT2D eigenvalue weighted by Gasteiger charge is 2.15. The molecule has 0 fully saturated rings. The van der Waals surface area contributed by atoms with Gasteiger partial charge in [-0.2, -0.15) is 0 Å². The SMILES string of the molecule is CCn1cc(N)cc1C(=O)NC(C)c1cccc(Br)c1. The number of halogens is 1. The maximum absolute atomic E-state index is 12.3. The number of benzene rings is 1. The number of rotatable bonds is 4. The first-order chi connectivity index (χ1) is 9.51. The minimum atomic E-state index is -0.115. The molecule has 5 heteroatoms. The van der Waals surface area contributed by atoms with Crippen molar-refractivity contribution in [3.63, 3.8) is 0 Å². The van der Waals surface area contributed by atoms with Crippen LogP contribution >= 0.6 is 15.9 Å². The molecule has 2 rings (SSSR count). The normalized spacial score (nSPS) is 12.2. The van der Waals surface area contributed by atoms with E-state index in [1.807, 2.05) is 42.7 Å². The topological polar surface area (TPSA) is 60.0 Å². The Morgan fingerprint density at radius 2 is 2.20 bits per heavy atom. The van der Waals surface area contributed by atoms with Gasteiger partial charge in [-0.1, -0.05) is 28.1 Å².